The maximum absolute atomic E-state index is 5.44. The second kappa shape index (κ2) is 2.32. The lowest BCUT2D eigenvalue weighted by molar-refractivity contribution is 0.0550. The van der Waals surface area contributed by atoms with Crippen molar-refractivity contribution in [3.8, 4) is 0 Å². The van der Waals surface area contributed by atoms with E-state index in [1.165, 1.54) is 5.75 Å². The average Bonchev–Trinajstić information content (AvgIpc) is 1.65. The van der Waals surface area contributed by atoms with Gasteiger partial charge in [-0.15, -0.1) is 0 Å². The molecule has 3 heteroatoms. The fourth-order valence-electron chi connectivity index (χ4n) is 0.737. The van der Waals surface area contributed by atoms with Gasteiger partial charge in [0.25, 0.3) is 0 Å². The van der Waals surface area contributed by atoms with Crippen LogP contribution >= 0.6 is 11.8 Å². The molecule has 0 saturated carbocycles. The molecule has 1 heterocycles. The maximum atomic E-state index is 5.44. The molecule has 1 unspecified atom stereocenters. The van der Waals surface area contributed by atoms with Crippen LogP contribution in [0.3, 0.4) is 0 Å². The zero-order valence-electron chi connectivity index (χ0n) is 5.44. The van der Waals surface area contributed by atoms with E-state index in [1.54, 1.807) is 0 Å². The minimum atomic E-state index is 0.142. The number of thioether (sulfide) groups is 1. The van der Waals surface area contributed by atoms with E-state index in [9.17, 15) is 0 Å². The molecule has 0 aromatic heterocycles. The molecule has 0 radical (unpaired) electrons. The van der Waals surface area contributed by atoms with Gasteiger partial charge < -0.3 is 4.74 Å². The summed E-state index contributed by atoms with van der Waals surface area (Å²) in [5, 5.41) is 0. The molecular formula is C5H11BOS. The SMILES string of the molecule is BC1(C)CSCCO1. The summed E-state index contributed by atoms with van der Waals surface area (Å²) in [6, 6.07) is 0. The third-order valence-electron chi connectivity index (χ3n) is 1.17. The second-order valence-electron chi connectivity index (χ2n) is 2.66. The summed E-state index contributed by atoms with van der Waals surface area (Å²) in [6.45, 7) is 3.07. The molecule has 0 amide bonds. The molecule has 0 bridgehead atoms. The van der Waals surface area contributed by atoms with Gasteiger partial charge in [-0.1, -0.05) is 0 Å². The predicted octanol–water partition coefficient (Wildman–Crippen LogP) is 0.0991. The van der Waals surface area contributed by atoms with Crippen LogP contribution < -0.4 is 0 Å². The number of hydrogen-bond donors (Lipinski definition) is 0. The Hall–Kier alpha value is 0.375. The van der Waals surface area contributed by atoms with Gasteiger partial charge in [-0.25, -0.2) is 0 Å². The Balaban J connectivity index is 2.33. The van der Waals surface area contributed by atoms with Crippen LogP contribution in [-0.2, 0) is 4.74 Å². The topological polar surface area (TPSA) is 9.23 Å². The highest BCUT2D eigenvalue weighted by Gasteiger charge is 2.21. The highest BCUT2D eigenvalue weighted by molar-refractivity contribution is 7.99. The Morgan fingerprint density at radius 1 is 1.75 bits per heavy atom. The summed E-state index contributed by atoms with van der Waals surface area (Å²) in [4.78, 5) is 0. The smallest absolute Gasteiger partial charge is 0.144 e. The van der Waals surface area contributed by atoms with Gasteiger partial charge in [0.1, 0.15) is 7.85 Å². The van der Waals surface area contributed by atoms with Crippen molar-refractivity contribution in [3.63, 3.8) is 0 Å². The molecule has 1 atom stereocenters. The molecular weight excluding hydrogens is 119 g/mol. The zero-order chi connectivity index (χ0) is 6.04. The number of rotatable bonds is 0. The lowest BCUT2D eigenvalue weighted by Crippen LogP contribution is -2.36. The number of hydrogen-bond acceptors (Lipinski definition) is 2. The first kappa shape index (κ1) is 6.49. The van der Waals surface area contributed by atoms with Crippen LogP contribution in [0.2, 0.25) is 0 Å². The van der Waals surface area contributed by atoms with Crippen LogP contribution in [0.15, 0.2) is 0 Å². The van der Waals surface area contributed by atoms with Crippen molar-refractivity contribution in [1.82, 2.24) is 0 Å². The van der Waals surface area contributed by atoms with Crippen molar-refractivity contribution in [3.05, 3.63) is 0 Å². The first-order valence-electron chi connectivity index (χ1n) is 2.92. The van der Waals surface area contributed by atoms with E-state index in [2.05, 4.69) is 14.8 Å². The normalized spacial score (nSPS) is 39.6. The highest BCUT2D eigenvalue weighted by Crippen LogP contribution is 2.18. The molecule has 0 N–H and O–H groups in total. The van der Waals surface area contributed by atoms with Crippen molar-refractivity contribution >= 4 is 19.6 Å². The Bertz CT molecular complexity index is 76.5. The fourth-order valence-corrected chi connectivity index (χ4v) is 1.66. The van der Waals surface area contributed by atoms with Gasteiger partial charge in [-0.3, -0.25) is 0 Å². The van der Waals surface area contributed by atoms with E-state index < -0.39 is 0 Å². The third kappa shape index (κ3) is 1.71. The van der Waals surface area contributed by atoms with Crippen molar-refractivity contribution in [2.75, 3.05) is 18.1 Å². The predicted molar refractivity (Wildman–Crippen MR) is 40.2 cm³/mol. The Labute approximate surface area is 55.6 Å². The minimum Gasteiger partial charge on any atom is -0.383 e. The zero-order valence-corrected chi connectivity index (χ0v) is 6.25. The van der Waals surface area contributed by atoms with E-state index in [0.29, 0.717) is 0 Å². The lowest BCUT2D eigenvalue weighted by Gasteiger charge is -2.29. The Morgan fingerprint density at radius 2 is 2.50 bits per heavy atom. The molecule has 1 rings (SSSR count). The van der Waals surface area contributed by atoms with Gasteiger partial charge in [-0.2, -0.15) is 11.8 Å². The van der Waals surface area contributed by atoms with Crippen LogP contribution in [0.5, 0.6) is 0 Å². The van der Waals surface area contributed by atoms with Gasteiger partial charge in [0.15, 0.2) is 0 Å². The van der Waals surface area contributed by atoms with Crippen molar-refractivity contribution in [1.29, 1.82) is 0 Å². The molecule has 0 aliphatic carbocycles. The standard InChI is InChI=1S/C5H11BOS/c1-5(6)4-8-3-2-7-5/h2-4,6H2,1H3. The van der Waals surface area contributed by atoms with Crippen LogP contribution in [0.25, 0.3) is 0 Å². The molecule has 1 aliphatic heterocycles. The van der Waals surface area contributed by atoms with Gasteiger partial charge in [0.05, 0.1) is 6.61 Å². The van der Waals surface area contributed by atoms with Gasteiger partial charge in [-0.05, 0) is 6.92 Å². The molecule has 1 aliphatic rings. The summed E-state index contributed by atoms with van der Waals surface area (Å²) in [7, 11) is 2.14. The molecule has 8 heavy (non-hydrogen) atoms. The Morgan fingerprint density at radius 3 is 2.75 bits per heavy atom. The first-order valence-corrected chi connectivity index (χ1v) is 4.08. The first-order chi connectivity index (χ1) is 3.71. The van der Waals surface area contributed by atoms with Gasteiger partial charge >= 0.3 is 0 Å². The molecule has 46 valence electrons. The average molecular weight is 130 g/mol. The van der Waals surface area contributed by atoms with E-state index >= 15 is 0 Å². The van der Waals surface area contributed by atoms with E-state index in [0.717, 1.165) is 12.4 Å². The van der Waals surface area contributed by atoms with Crippen LogP contribution in [0.1, 0.15) is 6.92 Å². The lowest BCUT2D eigenvalue weighted by atomic mass is 9.85. The summed E-state index contributed by atoms with van der Waals surface area (Å²) >= 11 is 1.98. The summed E-state index contributed by atoms with van der Waals surface area (Å²) in [5.74, 6) is 2.32. The summed E-state index contributed by atoms with van der Waals surface area (Å²) < 4.78 is 5.44. The summed E-state index contributed by atoms with van der Waals surface area (Å²) in [5.41, 5.74) is 0.142. The van der Waals surface area contributed by atoms with E-state index in [4.69, 9.17) is 4.74 Å². The minimum absolute atomic E-state index is 0.142. The van der Waals surface area contributed by atoms with Gasteiger partial charge in [0.2, 0.25) is 0 Å². The Kier molecular flexibility index (Phi) is 1.88. The van der Waals surface area contributed by atoms with Crippen molar-refractivity contribution in [2.24, 2.45) is 0 Å². The van der Waals surface area contributed by atoms with Gasteiger partial charge in [0, 0.05) is 17.0 Å². The third-order valence-corrected chi connectivity index (χ3v) is 2.52. The summed E-state index contributed by atoms with van der Waals surface area (Å²) in [6.07, 6.45) is 0. The number of ether oxygens (including phenoxy) is 1. The molecule has 0 aromatic carbocycles. The van der Waals surface area contributed by atoms with Crippen LogP contribution in [-0.4, -0.2) is 31.5 Å². The molecule has 0 spiro atoms. The van der Waals surface area contributed by atoms with Crippen molar-refractivity contribution < 1.29 is 4.74 Å². The second-order valence-corrected chi connectivity index (χ2v) is 3.77. The molecule has 0 aromatic rings. The van der Waals surface area contributed by atoms with Crippen molar-refractivity contribution in [2.45, 2.75) is 12.4 Å². The molecule has 1 saturated heterocycles. The molecule has 1 fully saturated rings. The van der Waals surface area contributed by atoms with E-state index in [-0.39, 0.29) is 5.50 Å². The highest BCUT2D eigenvalue weighted by atomic mass is 32.2. The fraction of sp³-hybridized carbons (Fsp3) is 1.00. The monoisotopic (exact) mass is 130 g/mol. The molecule has 1 nitrogen and oxygen atoms in total. The quantitative estimate of drug-likeness (QED) is 0.430. The maximum Gasteiger partial charge on any atom is 0.144 e. The van der Waals surface area contributed by atoms with Crippen LogP contribution in [0, 0.1) is 0 Å². The van der Waals surface area contributed by atoms with E-state index in [1.807, 2.05) is 11.8 Å². The largest absolute Gasteiger partial charge is 0.383 e. The van der Waals surface area contributed by atoms with Crippen LogP contribution in [0.4, 0.5) is 0 Å².